The van der Waals surface area contributed by atoms with Crippen LogP contribution in [0.4, 0.5) is 4.39 Å². The van der Waals surface area contributed by atoms with Gasteiger partial charge in [0.25, 0.3) is 0 Å². The van der Waals surface area contributed by atoms with Crippen LogP contribution in [0.1, 0.15) is 16.7 Å². The van der Waals surface area contributed by atoms with Crippen LogP contribution in [0.25, 0.3) is 0 Å². The number of rotatable bonds is 5. The Bertz CT molecular complexity index is 659. The average Bonchev–Trinajstić information content (AvgIpc) is 2.50. The van der Waals surface area contributed by atoms with Gasteiger partial charge in [0.1, 0.15) is 5.82 Å². The van der Waals surface area contributed by atoms with Gasteiger partial charge in [0.05, 0.1) is 18.1 Å². The van der Waals surface area contributed by atoms with Gasteiger partial charge in [-0.3, -0.25) is 4.79 Å². The molecule has 0 aliphatic heterocycles. The first kappa shape index (κ1) is 14.7. The first-order chi connectivity index (χ1) is 10.2. The number of nitrogens with one attached hydrogen (secondary N) is 1. The summed E-state index contributed by atoms with van der Waals surface area (Å²) in [6.07, 6.45) is 0.717. The summed E-state index contributed by atoms with van der Waals surface area (Å²) < 4.78 is 13.4. The Morgan fingerprint density at radius 2 is 1.86 bits per heavy atom. The number of hydrogen-bond acceptors (Lipinski definition) is 2. The van der Waals surface area contributed by atoms with Crippen LogP contribution in [0, 0.1) is 17.1 Å². The van der Waals surface area contributed by atoms with E-state index in [4.69, 9.17) is 5.26 Å². The summed E-state index contributed by atoms with van der Waals surface area (Å²) >= 11 is 0. The molecule has 0 atom stereocenters. The molecule has 0 bridgehead atoms. The quantitative estimate of drug-likeness (QED) is 0.916. The van der Waals surface area contributed by atoms with Crippen LogP contribution in [0.15, 0.2) is 48.5 Å². The van der Waals surface area contributed by atoms with Gasteiger partial charge in [-0.1, -0.05) is 30.3 Å². The molecule has 0 aliphatic rings. The van der Waals surface area contributed by atoms with Gasteiger partial charge in [-0.25, -0.2) is 4.39 Å². The van der Waals surface area contributed by atoms with Crippen LogP contribution in [-0.2, 0) is 17.6 Å². The monoisotopic (exact) mass is 282 g/mol. The third-order valence-electron chi connectivity index (χ3n) is 3.12. The molecular weight excluding hydrogens is 267 g/mol. The molecule has 106 valence electrons. The first-order valence-electron chi connectivity index (χ1n) is 6.68. The highest BCUT2D eigenvalue weighted by Gasteiger charge is 2.05. The largest absolute Gasteiger partial charge is 0.355 e. The lowest BCUT2D eigenvalue weighted by Gasteiger charge is -2.06. The summed E-state index contributed by atoms with van der Waals surface area (Å²) in [4.78, 5) is 11.8. The number of amides is 1. The van der Waals surface area contributed by atoms with Crippen molar-refractivity contribution in [3.8, 4) is 6.07 Å². The smallest absolute Gasteiger partial charge is 0.224 e. The maximum Gasteiger partial charge on any atom is 0.224 e. The highest BCUT2D eigenvalue weighted by molar-refractivity contribution is 5.78. The van der Waals surface area contributed by atoms with Crippen LogP contribution < -0.4 is 5.32 Å². The third-order valence-corrected chi connectivity index (χ3v) is 3.12. The molecule has 0 saturated heterocycles. The van der Waals surface area contributed by atoms with Gasteiger partial charge in [-0.05, 0) is 35.7 Å². The minimum Gasteiger partial charge on any atom is -0.355 e. The number of nitriles is 1. The SMILES string of the molecule is N#Cc1ccc(CC(=O)NCCc2ccccc2F)cc1. The summed E-state index contributed by atoms with van der Waals surface area (Å²) in [7, 11) is 0. The van der Waals surface area contributed by atoms with Crippen molar-refractivity contribution in [2.24, 2.45) is 0 Å². The average molecular weight is 282 g/mol. The first-order valence-corrected chi connectivity index (χ1v) is 6.68. The van der Waals surface area contributed by atoms with E-state index in [9.17, 15) is 9.18 Å². The predicted octanol–water partition coefficient (Wildman–Crippen LogP) is 2.60. The zero-order valence-electron chi connectivity index (χ0n) is 11.5. The van der Waals surface area contributed by atoms with Crippen molar-refractivity contribution in [3.05, 3.63) is 71.0 Å². The van der Waals surface area contributed by atoms with Crippen molar-refractivity contribution in [3.63, 3.8) is 0 Å². The molecule has 2 aromatic carbocycles. The minimum absolute atomic E-state index is 0.115. The Labute approximate surface area is 123 Å². The molecule has 21 heavy (non-hydrogen) atoms. The topological polar surface area (TPSA) is 52.9 Å². The molecular formula is C17H15FN2O. The molecule has 0 spiro atoms. The molecule has 0 unspecified atom stereocenters. The lowest BCUT2D eigenvalue weighted by molar-refractivity contribution is -0.120. The summed E-state index contributed by atoms with van der Waals surface area (Å²) in [6, 6.07) is 15.4. The molecule has 3 nitrogen and oxygen atoms in total. The van der Waals surface area contributed by atoms with Gasteiger partial charge >= 0.3 is 0 Å². The van der Waals surface area contributed by atoms with Gasteiger partial charge in [0, 0.05) is 6.54 Å². The summed E-state index contributed by atoms with van der Waals surface area (Å²) in [5.74, 6) is -0.366. The Kier molecular flexibility index (Phi) is 5.05. The fraction of sp³-hybridized carbons (Fsp3) is 0.176. The lowest BCUT2D eigenvalue weighted by Crippen LogP contribution is -2.27. The molecule has 0 radical (unpaired) electrons. The van der Waals surface area contributed by atoms with Crippen LogP contribution in [0.5, 0.6) is 0 Å². The number of carbonyl (C=O) groups is 1. The summed E-state index contributed by atoms with van der Waals surface area (Å²) in [5.41, 5.74) is 2.01. The van der Waals surface area contributed by atoms with Crippen LogP contribution >= 0.6 is 0 Å². The zero-order valence-corrected chi connectivity index (χ0v) is 11.5. The maximum atomic E-state index is 13.4. The van der Waals surface area contributed by atoms with E-state index in [0.717, 1.165) is 5.56 Å². The van der Waals surface area contributed by atoms with Crippen molar-refractivity contribution in [2.75, 3.05) is 6.54 Å². The van der Waals surface area contributed by atoms with Crippen molar-refractivity contribution in [1.29, 1.82) is 5.26 Å². The fourth-order valence-corrected chi connectivity index (χ4v) is 1.98. The highest BCUT2D eigenvalue weighted by atomic mass is 19.1. The molecule has 4 heteroatoms. The maximum absolute atomic E-state index is 13.4. The lowest BCUT2D eigenvalue weighted by atomic mass is 10.1. The van der Waals surface area contributed by atoms with Crippen LogP contribution in [0.3, 0.4) is 0 Å². The predicted molar refractivity (Wildman–Crippen MR) is 78.0 cm³/mol. The molecule has 1 N–H and O–H groups in total. The van der Waals surface area contributed by atoms with Crippen LogP contribution in [0.2, 0.25) is 0 Å². The van der Waals surface area contributed by atoms with E-state index >= 15 is 0 Å². The highest BCUT2D eigenvalue weighted by Crippen LogP contribution is 2.07. The molecule has 0 aromatic heterocycles. The normalized spacial score (nSPS) is 9.90. The molecule has 0 fully saturated rings. The van der Waals surface area contributed by atoms with E-state index in [1.54, 1.807) is 42.5 Å². The van der Waals surface area contributed by atoms with E-state index in [1.165, 1.54) is 6.07 Å². The Morgan fingerprint density at radius 3 is 2.52 bits per heavy atom. The Balaban J connectivity index is 1.80. The van der Waals surface area contributed by atoms with Crippen molar-refractivity contribution < 1.29 is 9.18 Å². The summed E-state index contributed by atoms with van der Waals surface area (Å²) in [5, 5.41) is 11.5. The number of carbonyl (C=O) groups excluding carboxylic acids is 1. The minimum atomic E-state index is -0.251. The molecule has 2 aromatic rings. The molecule has 0 aliphatic carbocycles. The fourth-order valence-electron chi connectivity index (χ4n) is 1.98. The molecule has 0 saturated carbocycles. The molecule has 0 heterocycles. The third kappa shape index (κ3) is 4.43. The number of nitrogens with zero attached hydrogens (tertiary/aromatic N) is 1. The molecule has 2 rings (SSSR count). The van der Waals surface area contributed by atoms with E-state index in [0.29, 0.717) is 24.1 Å². The van der Waals surface area contributed by atoms with Gasteiger partial charge < -0.3 is 5.32 Å². The second-order valence-electron chi connectivity index (χ2n) is 4.68. The number of halogens is 1. The van der Waals surface area contributed by atoms with Crippen molar-refractivity contribution in [1.82, 2.24) is 5.32 Å². The van der Waals surface area contributed by atoms with Gasteiger partial charge in [-0.2, -0.15) is 5.26 Å². The number of hydrogen-bond donors (Lipinski definition) is 1. The van der Waals surface area contributed by atoms with E-state index in [1.807, 2.05) is 6.07 Å². The Morgan fingerprint density at radius 1 is 1.14 bits per heavy atom. The number of benzene rings is 2. The van der Waals surface area contributed by atoms with Crippen LogP contribution in [-0.4, -0.2) is 12.5 Å². The van der Waals surface area contributed by atoms with Crippen molar-refractivity contribution >= 4 is 5.91 Å². The van der Waals surface area contributed by atoms with Gasteiger partial charge in [0.2, 0.25) is 5.91 Å². The van der Waals surface area contributed by atoms with E-state index in [-0.39, 0.29) is 18.1 Å². The standard InChI is InChI=1S/C17H15FN2O/c18-16-4-2-1-3-15(16)9-10-20-17(21)11-13-5-7-14(12-19)8-6-13/h1-8H,9-11H2,(H,20,21). The van der Waals surface area contributed by atoms with E-state index in [2.05, 4.69) is 5.32 Å². The second-order valence-corrected chi connectivity index (χ2v) is 4.68. The second kappa shape index (κ2) is 7.20. The van der Waals surface area contributed by atoms with Gasteiger partial charge in [-0.15, -0.1) is 0 Å². The Hall–Kier alpha value is -2.67. The zero-order chi connectivity index (χ0) is 15.1. The summed E-state index contributed by atoms with van der Waals surface area (Å²) in [6.45, 7) is 0.399. The van der Waals surface area contributed by atoms with Crippen molar-refractivity contribution in [2.45, 2.75) is 12.8 Å². The molecule has 1 amide bonds. The van der Waals surface area contributed by atoms with Gasteiger partial charge in [0.15, 0.2) is 0 Å². The van der Waals surface area contributed by atoms with E-state index < -0.39 is 0 Å².